The molecule has 1 aromatic carbocycles. The van der Waals surface area contributed by atoms with E-state index in [1.165, 1.54) is 0 Å². The molecule has 0 bridgehead atoms. The van der Waals surface area contributed by atoms with Gasteiger partial charge in [-0.2, -0.15) is 5.26 Å². The van der Waals surface area contributed by atoms with Crippen LogP contribution < -0.4 is 10.1 Å². The minimum absolute atomic E-state index is 0.0277. The van der Waals surface area contributed by atoms with Crippen molar-refractivity contribution in [2.24, 2.45) is 5.92 Å². The van der Waals surface area contributed by atoms with Crippen LogP contribution in [0.25, 0.3) is 0 Å². The highest BCUT2D eigenvalue weighted by molar-refractivity contribution is 5.83. The smallest absolute Gasteiger partial charge is 0.224 e. The van der Waals surface area contributed by atoms with Gasteiger partial charge in [-0.15, -0.1) is 0 Å². The van der Waals surface area contributed by atoms with E-state index in [0.29, 0.717) is 18.0 Å². The van der Waals surface area contributed by atoms with Crippen molar-refractivity contribution in [1.82, 2.24) is 10.3 Å². The third-order valence-corrected chi connectivity index (χ3v) is 4.22. The molecule has 1 aliphatic rings. The number of amides is 1. The fourth-order valence-corrected chi connectivity index (χ4v) is 2.89. The van der Waals surface area contributed by atoms with Gasteiger partial charge in [0.15, 0.2) is 0 Å². The lowest BCUT2D eigenvalue weighted by molar-refractivity contribution is -0.122. The third-order valence-electron chi connectivity index (χ3n) is 4.22. The van der Waals surface area contributed by atoms with E-state index in [9.17, 15) is 4.79 Å². The van der Waals surface area contributed by atoms with Crippen LogP contribution in [0.1, 0.15) is 42.9 Å². The summed E-state index contributed by atoms with van der Waals surface area (Å²) in [6.07, 6.45) is 2.54. The first-order chi connectivity index (χ1) is 12.1. The molecule has 1 aromatic heterocycles. The Morgan fingerprint density at radius 3 is 3.00 bits per heavy atom. The number of pyridine rings is 1. The highest BCUT2D eigenvalue weighted by Gasteiger charge is 2.43. The van der Waals surface area contributed by atoms with Crippen LogP contribution in [0.5, 0.6) is 5.88 Å². The van der Waals surface area contributed by atoms with Gasteiger partial charge < -0.3 is 10.1 Å². The van der Waals surface area contributed by atoms with E-state index in [4.69, 9.17) is 10.00 Å². The predicted molar refractivity (Wildman–Crippen MR) is 93.9 cm³/mol. The van der Waals surface area contributed by atoms with Gasteiger partial charge in [0.2, 0.25) is 11.8 Å². The maximum atomic E-state index is 12.4. The van der Waals surface area contributed by atoms with Crippen LogP contribution in [-0.2, 0) is 11.3 Å². The number of ether oxygens (including phenoxy) is 1. The Balaban J connectivity index is 1.59. The predicted octanol–water partition coefficient (Wildman–Crippen LogP) is 3.16. The summed E-state index contributed by atoms with van der Waals surface area (Å²) in [6.45, 7) is 4.29. The zero-order valence-electron chi connectivity index (χ0n) is 14.4. The van der Waals surface area contributed by atoms with Crippen molar-refractivity contribution >= 4 is 5.91 Å². The van der Waals surface area contributed by atoms with Crippen LogP contribution in [0.3, 0.4) is 0 Å². The molecule has 5 nitrogen and oxygen atoms in total. The number of hydrogen-bond donors (Lipinski definition) is 1. The van der Waals surface area contributed by atoms with Gasteiger partial charge in [-0.05, 0) is 49.9 Å². The lowest BCUT2D eigenvalue weighted by Crippen LogP contribution is -2.25. The molecule has 1 fully saturated rings. The van der Waals surface area contributed by atoms with Crippen molar-refractivity contribution in [3.05, 3.63) is 59.3 Å². The van der Waals surface area contributed by atoms with Gasteiger partial charge in [-0.1, -0.05) is 18.2 Å². The second-order valence-electron chi connectivity index (χ2n) is 6.54. The third kappa shape index (κ3) is 4.16. The normalized spacial score (nSPS) is 18.5. The van der Waals surface area contributed by atoms with Crippen molar-refractivity contribution in [1.29, 1.82) is 5.26 Å². The van der Waals surface area contributed by atoms with E-state index >= 15 is 0 Å². The molecule has 25 heavy (non-hydrogen) atoms. The van der Waals surface area contributed by atoms with Gasteiger partial charge in [-0.3, -0.25) is 4.79 Å². The Hall–Kier alpha value is -2.87. The highest BCUT2D eigenvalue weighted by Crippen LogP contribution is 2.47. The minimum atomic E-state index is -0.0277. The topological polar surface area (TPSA) is 75.0 Å². The van der Waals surface area contributed by atoms with Crippen molar-refractivity contribution < 1.29 is 9.53 Å². The lowest BCUT2D eigenvalue weighted by atomic mass is 10.1. The zero-order chi connectivity index (χ0) is 17.8. The van der Waals surface area contributed by atoms with E-state index in [2.05, 4.69) is 16.4 Å². The summed E-state index contributed by atoms with van der Waals surface area (Å²) in [4.78, 5) is 16.6. The Morgan fingerprint density at radius 1 is 1.40 bits per heavy atom. The molecule has 2 aromatic rings. The molecule has 1 N–H and O–H groups in total. The SMILES string of the molecule is CC(C)Oc1ncccc1CNC(=O)[C@@H]1C[C@@H]1c1cccc(C#N)c1. The van der Waals surface area contributed by atoms with Gasteiger partial charge in [0.25, 0.3) is 0 Å². The number of carbonyl (C=O) groups excluding carboxylic acids is 1. The van der Waals surface area contributed by atoms with Crippen LogP contribution in [-0.4, -0.2) is 17.0 Å². The molecular formula is C20H21N3O2. The monoisotopic (exact) mass is 335 g/mol. The molecule has 0 unspecified atom stereocenters. The summed E-state index contributed by atoms with van der Waals surface area (Å²) >= 11 is 0. The Labute approximate surface area is 147 Å². The number of benzene rings is 1. The maximum absolute atomic E-state index is 12.4. The van der Waals surface area contributed by atoms with Gasteiger partial charge in [0.1, 0.15) is 0 Å². The molecule has 5 heteroatoms. The van der Waals surface area contributed by atoms with Gasteiger partial charge in [0.05, 0.1) is 17.7 Å². The number of rotatable bonds is 6. The average Bonchev–Trinajstić information content (AvgIpc) is 3.41. The lowest BCUT2D eigenvalue weighted by Gasteiger charge is -2.13. The first kappa shape index (κ1) is 17.0. The fraction of sp³-hybridized carbons (Fsp3) is 0.350. The summed E-state index contributed by atoms with van der Waals surface area (Å²) in [6, 6.07) is 13.4. The Bertz CT molecular complexity index is 811. The van der Waals surface area contributed by atoms with Gasteiger partial charge >= 0.3 is 0 Å². The number of carbonyl (C=O) groups is 1. The highest BCUT2D eigenvalue weighted by atomic mass is 16.5. The molecule has 2 atom stereocenters. The van der Waals surface area contributed by atoms with Crippen LogP contribution in [0.4, 0.5) is 0 Å². The van der Waals surface area contributed by atoms with Gasteiger partial charge in [-0.25, -0.2) is 4.98 Å². The summed E-state index contributed by atoms with van der Waals surface area (Å²) in [5, 5.41) is 12.0. The molecule has 1 amide bonds. The van der Waals surface area contributed by atoms with Crippen LogP contribution in [0.2, 0.25) is 0 Å². The molecule has 1 heterocycles. The number of nitrogens with one attached hydrogen (secondary N) is 1. The number of nitrogens with zero attached hydrogens (tertiary/aromatic N) is 2. The molecule has 1 aliphatic carbocycles. The number of aromatic nitrogens is 1. The summed E-state index contributed by atoms with van der Waals surface area (Å²) in [5.74, 6) is 0.771. The molecule has 3 rings (SSSR count). The minimum Gasteiger partial charge on any atom is -0.475 e. The second kappa shape index (κ2) is 7.35. The fourth-order valence-electron chi connectivity index (χ4n) is 2.89. The van der Waals surface area contributed by atoms with Crippen LogP contribution in [0.15, 0.2) is 42.6 Å². The molecular weight excluding hydrogens is 314 g/mol. The van der Waals surface area contributed by atoms with Crippen LogP contribution in [0, 0.1) is 17.2 Å². The van der Waals surface area contributed by atoms with Crippen molar-refractivity contribution in [2.45, 2.75) is 38.8 Å². The quantitative estimate of drug-likeness (QED) is 0.880. The van der Waals surface area contributed by atoms with Crippen molar-refractivity contribution in [3.63, 3.8) is 0 Å². The summed E-state index contributed by atoms with van der Waals surface area (Å²) < 4.78 is 5.68. The standard InChI is InChI=1S/C20H21N3O2/c1-13(2)25-20-16(7-4-8-22-20)12-23-19(24)18-10-17(18)15-6-3-5-14(9-15)11-21/h3-9,13,17-18H,10,12H2,1-2H3,(H,23,24)/t17-,18-/m1/s1. The second-order valence-corrected chi connectivity index (χ2v) is 6.54. The molecule has 0 spiro atoms. The Morgan fingerprint density at radius 2 is 2.24 bits per heavy atom. The first-order valence-electron chi connectivity index (χ1n) is 8.47. The summed E-state index contributed by atoms with van der Waals surface area (Å²) in [7, 11) is 0. The molecule has 0 saturated heterocycles. The number of hydrogen-bond acceptors (Lipinski definition) is 4. The van der Waals surface area contributed by atoms with Gasteiger partial charge in [0, 0.05) is 24.2 Å². The van der Waals surface area contributed by atoms with E-state index in [1.807, 2.05) is 44.2 Å². The van der Waals surface area contributed by atoms with Crippen molar-refractivity contribution in [3.8, 4) is 11.9 Å². The average molecular weight is 335 g/mol. The molecule has 1 saturated carbocycles. The van der Waals surface area contributed by atoms with Crippen molar-refractivity contribution in [2.75, 3.05) is 0 Å². The van der Waals surface area contributed by atoms with E-state index in [1.54, 1.807) is 12.3 Å². The molecule has 0 radical (unpaired) electrons. The molecule has 0 aliphatic heterocycles. The zero-order valence-corrected chi connectivity index (χ0v) is 14.4. The first-order valence-corrected chi connectivity index (χ1v) is 8.47. The van der Waals surface area contributed by atoms with E-state index in [-0.39, 0.29) is 23.8 Å². The molecule has 128 valence electrons. The maximum Gasteiger partial charge on any atom is 0.224 e. The summed E-state index contributed by atoms with van der Waals surface area (Å²) in [5.41, 5.74) is 2.56. The number of nitriles is 1. The Kier molecular flexibility index (Phi) is 4.99. The van der Waals surface area contributed by atoms with Crippen LogP contribution >= 0.6 is 0 Å². The van der Waals surface area contributed by atoms with E-state index < -0.39 is 0 Å². The van der Waals surface area contributed by atoms with E-state index in [0.717, 1.165) is 17.5 Å². The largest absolute Gasteiger partial charge is 0.475 e.